The SMILES string of the molecule is c1ccc([C@@H]2C[C@H]2NC2COC3(CCN(Cc4ccc5ccccc5c4)CC3)C2)cc1. The maximum Gasteiger partial charge on any atom is 0.0723 e. The van der Waals surface area contributed by atoms with Crippen LogP contribution in [0.15, 0.2) is 72.8 Å². The zero-order valence-corrected chi connectivity index (χ0v) is 18.2. The Hall–Kier alpha value is -2.20. The number of nitrogens with zero attached hydrogens (tertiary/aromatic N) is 1. The van der Waals surface area contributed by atoms with Crippen LogP contribution in [0.25, 0.3) is 10.8 Å². The van der Waals surface area contributed by atoms with Crippen molar-refractivity contribution in [2.45, 2.75) is 55.8 Å². The average Bonchev–Trinajstić information content (AvgIpc) is 3.48. The third kappa shape index (κ3) is 4.15. The molecule has 160 valence electrons. The first kappa shape index (κ1) is 19.5. The van der Waals surface area contributed by atoms with Gasteiger partial charge >= 0.3 is 0 Å². The summed E-state index contributed by atoms with van der Waals surface area (Å²) in [6, 6.07) is 27.7. The minimum Gasteiger partial charge on any atom is -0.373 e. The molecule has 2 heterocycles. The fourth-order valence-corrected chi connectivity index (χ4v) is 5.76. The zero-order valence-electron chi connectivity index (χ0n) is 18.2. The first-order valence-corrected chi connectivity index (χ1v) is 11.9. The van der Waals surface area contributed by atoms with E-state index in [1.807, 2.05) is 0 Å². The van der Waals surface area contributed by atoms with Gasteiger partial charge in [0.15, 0.2) is 0 Å². The summed E-state index contributed by atoms with van der Waals surface area (Å²) in [5.74, 6) is 0.696. The second kappa shape index (κ2) is 8.05. The highest BCUT2D eigenvalue weighted by molar-refractivity contribution is 5.82. The highest BCUT2D eigenvalue weighted by atomic mass is 16.5. The Morgan fingerprint density at radius 1 is 0.903 bits per heavy atom. The number of rotatable bonds is 5. The number of likely N-dealkylation sites (tertiary alicyclic amines) is 1. The maximum atomic E-state index is 6.43. The Kier molecular flexibility index (Phi) is 5.06. The molecule has 31 heavy (non-hydrogen) atoms. The molecule has 0 amide bonds. The molecule has 2 aliphatic heterocycles. The van der Waals surface area contributed by atoms with E-state index in [1.54, 1.807) is 0 Å². The molecule has 3 aromatic rings. The van der Waals surface area contributed by atoms with Crippen LogP contribution >= 0.6 is 0 Å². The summed E-state index contributed by atoms with van der Waals surface area (Å²) in [5.41, 5.74) is 3.01. The van der Waals surface area contributed by atoms with Gasteiger partial charge in [-0.1, -0.05) is 66.7 Å². The quantitative estimate of drug-likeness (QED) is 0.630. The minimum atomic E-state index is 0.106. The molecule has 1 N–H and O–H groups in total. The van der Waals surface area contributed by atoms with Crippen LogP contribution in [0.3, 0.4) is 0 Å². The van der Waals surface area contributed by atoms with Crippen molar-refractivity contribution in [1.82, 2.24) is 10.2 Å². The summed E-state index contributed by atoms with van der Waals surface area (Å²) >= 11 is 0. The highest BCUT2D eigenvalue weighted by Gasteiger charge is 2.46. The molecule has 6 rings (SSSR count). The topological polar surface area (TPSA) is 24.5 Å². The van der Waals surface area contributed by atoms with Gasteiger partial charge in [-0.05, 0) is 53.6 Å². The van der Waals surface area contributed by atoms with Crippen molar-refractivity contribution in [3.8, 4) is 0 Å². The van der Waals surface area contributed by atoms with Crippen molar-refractivity contribution in [3.05, 3.63) is 83.9 Å². The summed E-state index contributed by atoms with van der Waals surface area (Å²) < 4.78 is 6.43. The second-order valence-electron chi connectivity index (χ2n) is 9.88. The van der Waals surface area contributed by atoms with Gasteiger partial charge in [-0.15, -0.1) is 0 Å². The Balaban J connectivity index is 1.01. The van der Waals surface area contributed by atoms with E-state index in [1.165, 1.54) is 34.7 Å². The minimum absolute atomic E-state index is 0.106. The molecule has 1 saturated carbocycles. The predicted octanol–water partition coefficient (Wildman–Crippen LogP) is 5.11. The third-order valence-electron chi connectivity index (χ3n) is 7.66. The molecule has 0 aromatic heterocycles. The van der Waals surface area contributed by atoms with Gasteiger partial charge in [-0.2, -0.15) is 0 Å². The molecule has 3 atom stereocenters. The van der Waals surface area contributed by atoms with E-state index in [4.69, 9.17) is 4.74 Å². The van der Waals surface area contributed by atoms with Gasteiger partial charge in [-0.3, -0.25) is 4.90 Å². The van der Waals surface area contributed by atoms with Gasteiger partial charge in [0, 0.05) is 37.6 Å². The van der Waals surface area contributed by atoms with E-state index in [0.717, 1.165) is 39.1 Å². The van der Waals surface area contributed by atoms with Crippen molar-refractivity contribution in [2.75, 3.05) is 19.7 Å². The Labute approximate surface area is 185 Å². The standard InChI is InChI=1S/C28H32N2O/c1-2-7-23(8-3-1)26-17-27(26)29-25-18-28(31-20-25)12-14-30(15-13-28)19-21-10-11-22-6-4-5-9-24(22)16-21/h1-11,16,25-27,29H,12-15,17-20H2/t25?,26-,27+/m0/s1. The number of ether oxygens (including phenoxy) is 1. The van der Waals surface area contributed by atoms with Crippen LogP contribution in [-0.4, -0.2) is 42.3 Å². The number of benzene rings is 3. The van der Waals surface area contributed by atoms with Crippen LogP contribution in [0.4, 0.5) is 0 Å². The molecule has 3 fully saturated rings. The van der Waals surface area contributed by atoms with Crippen LogP contribution < -0.4 is 5.32 Å². The number of piperidine rings is 1. The van der Waals surface area contributed by atoms with Gasteiger partial charge in [0.2, 0.25) is 0 Å². The number of hydrogen-bond donors (Lipinski definition) is 1. The molecular formula is C28H32N2O. The first-order valence-electron chi connectivity index (χ1n) is 11.9. The van der Waals surface area contributed by atoms with Crippen LogP contribution in [0.1, 0.15) is 42.7 Å². The molecule has 0 bridgehead atoms. The smallest absolute Gasteiger partial charge is 0.0723 e. The van der Waals surface area contributed by atoms with Crippen molar-refractivity contribution in [2.24, 2.45) is 0 Å². The van der Waals surface area contributed by atoms with E-state index >= 15 is 0 Å². The van der Waals surface area contributed by atoms with E-state index in [0.29, 0.717) is 18.0 Å². The summed E-state index contributed by atoms with van der Waals surface area (Å²) in [7, 11) is 0. The molecule has 2 saturated heterocycles. The number of fused-ring (bicyclic) bond motifs is 1. The van der Waals surface area contributed by atoms with Crippen molar-refractivity contribution < 1.29 is 4.74 Å². The van der Waals surface area contributed by atoms with Gasteiger partial charge in [0.1, 0.15) is 0 Å². The molecule has 1 aliphatic carbocycles. The highest BCUT2D eigenvalue weighted by Crippen LogP contribution is 2.43. The number of nitrogens with one attached hydrogen (secondary N) is 1. The first-order chi connectivity index (χ1) is 15.3. The lowest BCUT2D eigenvalue weighted by atomic mass is 9.87. The lowest BCUT2D eigenvalue weighted by Gasteiger charge is -2.38. The second-order valence-corrected chi connectivity index (χ2v) is 9.88. The lowest BCUT2D eigenvalue weighted by Crippen LogP contribution is -2.44. The Morgan fingerprint density at radius 3 is 2.52 bits per heavy atom. The van der Waals surface area contributed by atoms with Crippen LogP contribution in [-0.2, 0) is 11.3 Å². The van der Waals surface area contributed by atoms with Crippen LogP contribution in [0.2, 0.25) is 0 Å². The predicted molar refractivity (Wildman–Crippen MR) is 126 cm³/mol. The van der Waals surface area contributed by atoms with Gasteiger partial charge < -0.3 is 10.1 Å². The fraction of sp³-hybridized carbons (Fsp3) is 0.429. The normalized spacial score (nSPS) is 27.7. The lowest BCUT2D eigenvalue weighted by molar-refractivity contribution is -0.0449. The fourth-order valence-electron chi connectivity index (χ4n) is 5.76. The van der Waals surface area contributed by atoms with E-state index < -0.39 is 0 Å². The van der Waals surface area contributed by atoms with Crippen molar-refractivity contribution in [1.29, 1.82) is 0 Å². The van der Waals surface area contributed by atoms with E-state index in [2.05, 4.69) is 83.0 Å². The summed E-state index contributed by atoms with van der Waals surface area (Å²) in [6.07, 6.45) is 4.76. The molecule has 3 aliphatic rings. The van der Waals surface area contributed by atoms with Crippen molar-refractivity contribution in [3.63, 3.8) is 0 Å². The summed E-state index contributed by atoms with van der Waals surface area (Å²) in [5, 5.41) is 6.57. The van der Waals surface area contributed by atoms with E-state index in [9.17, 15) is 0 Å². The maximum absolute atomic E-state index is 6.43. The molecule has 3 nitrogen and oxygen atoms in total. The average molecular weight is 413 g/mol. The molecule has 1 spiro atoms. The van der Waals surface area contributed by atoms with Crippen molar-refractivity contribution >= 4 is 10.8 Å². The molecular weight excluding hydrogens is 380 g/mol. The Bertz CT molecular complexity index is 1040. The zero-order chi connectivity index (χ0) is 20.7. The van der Waals surface area contributed by atoms with E-state index in [-0.39, 0.29) is 5.60 Å². The Morgan fingerprint density at radius 2 is 1.68 bits per heavy atom. The third-order valence-corrected chi connectivity index (χ3v) is 7.66. The van der Waals surface area contributed by atoms with Crippen LogP contribution in [0, 0.1) is 0 Å². The number of hydrogen-bond acceptors (Lipinski definition) is 3. The van der Waals surface area contributed by atoms with Gasteiger partial charge in [0.05, 0.1) is 12.2 Å². The molecule has 1 unspecified atom stereocenters. The van der Waals surface area contributed by atoms with Crippen LogP contribution in [0.5, 0.6) is 0 Å². The largest absolute Gasteiger partial charge is 0.373 e. The summed E-state index contributed by atoms with van der Waals surface area (Å²) in [4.78, 5) is 2.60. The molecule has 3 heteroatoms. The summed E-state index contributed by atoms with van der Waals surface area (Å²) in [6.45, 7) is 4.19. The van der Waals surface area contributed by atoms with Gasteiger partial charge in [0.25, 0.3) is 0 Å². The molecule has 0 radical (unpaired) electrons. The monoisotopic (exact) mass is 412 g/mol. The molecule has 3 aromatic carbocycles. The van der Waals surface area contributed by atoms with Gasteiger partial charge in [-0.25, -0.2) is 0 Å².